The van der Waals surface area contributed by atoms with Crippen LogP contribution in [-0.2, 0) is 4.74 Å². The fourth-order valence-corrected chi connectivity index (χ4v) is 1.68. The molecule has 70 valence electrons. The van der Waals surface area contributed by atoms with Gasteiger partial charge in [0.05, 0.1) is 6.61 Å². The molecule has 1 rings (SSSR count). The van der Waals surface area contributed by atoms with E-state index in [2.05, 4.69) is 19.2 Å². The minimum Gasteiger partial charge on any atom is -0.377 e. The molecule has 1 saturated carbocycles. The molecular weight excluding hydrogens is 168 g/mol. The van der Waals surface area contributed by atoms with E-state index in [9.17, 15) is 0 Å². The van der Waals surface area contributed by atoms with Crippen molar-refractivity contribution >= 4 is 12.6 Å². The van der Waals surface area contributed by atoms with Gasteiger partial charge in [0.2, 0.25) is 0 Å². The first kappa shape index (κ1) is 10.1. The van der Waals surface area contributed by atoms with Gasteiger partial charge in [-0.1, -0.05) is 19.4 Å². The lowest BCUT2D eigenvalue weighted by atomic mass is 10.1. The fourth-order valence-electron chi connectivity index (χ4n) is 1.59. The molecule has 1 aliphatic rings. The van der Waals surface area contributed by atoms with Crippen molar-refractivity contribution in [2.45, 2.75) is 25.7 Å². The van der Waals surface area contributed by atoms with Gasteiger partial charge in [0, 0.05) is 12.4 Å². The summed E-state index contributed by atoms with van der Waals surface area (Å²) < 4.78 is 5.52. The summed E-state index contributed by atoms with van der Waals surface area (Å²) in [5.41, 5.74) is 1.08. The lowest BCUT2D eigenvalue weighted by molar-refractivity contribution is 0.120. The number of hydrogen-bond donors (Lipinski definition) is 1. The van der Waals surface area contributed by atoms with Crippen LogP contribution in [0.5, 0.6) is 0 Å². The van der Waals surface area contributed by atoms with Crippen molar-refractivity contribution in [3.63, 3.8) is 0 Å². The largest absolute Gasteiger partial charge is 0.377 e. The molecule has 12 heavy (non-hydrogen) atoms. The van der Waals surface area contributed by atoms with Crippen LogP contribution in [0.3, 0.4) is 0 Å². The van der Waals surface area contributed by atoms with Crippen LogP contribution in [0.25, 0.3) is 0 Å². The average Bonchev–Trinajstić information content (AvgIpc) is 2.57. The highest BCUT2D eigenvalue weighted by molar-refractivity contribution is 7.80. The first-order chi connectivity index (χ1) is 5.83. The van der Waals surface area contributed by atoms with E-state index < -0.39 is 0 Å². The Hall–Kier alpha value is 0.0500. The zero-order chi connectivity index (χ0) is 8.81. The zero-order valence-electron chi connectivity index (χ0n) is 7.59. The minimum absolute atomic E-state index is 0.694. The van der Waals surface area contributed by atoms with Crippen LogP contribution in [0.4, 0.5) is 0 Å². The summed E-state index contributed by atoms with van der Waals surface area (Å²) in [6.07, 6.45) is 5.49. The Bertz CT molecular complexity index is 139. The summed E-state index contributed by atoms with van der Waals surface area (Å²) in [7, 11) is 0. The average molecular weight is 186 g/mol. The van der Waals surface area contributed by atoms with Crippen LogP contribution >= 0.6 is 12.6 Å². The summed E-state index contributed by atoms with van der Waals surface area (Å²) in [6.45, 7) is 5.45. The summed E-state index contributed by atoms with van der Waals surface area (Å²) in [5, 5.41) is 0. The first-order valence-corrected chi connectivity index (χ1v) is 5.31. The number of hydrogen-bond acceptors (Lipinski definition) is 2. The highest BCUT2D eigenvalue weighted by Gasteiger charge is 2.14. The van der Waals surface area contributed by atoms with Gasteiger partial charge >= 0.3 is 0 Å². The van der Waals surface area contributed by atoms with E-state index >= 15 is 0 Å². The SMILES string of the molecule is C=C(CS)COCC1CCCC1. The monoisotopic (exact) mass is 186 g/mol. The van der Waals surface area contributed by atoms with E-state index in [1.807, 2.05) is 0 Å². The quantitative estimate of drug-likeness (QED) is 0.513. The van der Waals surface area contributed by atoms with Crippen molar-refractivity contribution in [2.24, 2.45) is 5.92 Å². The van der Waals surface area contributed by atoms with Crippen LogP contribution in [0.15, 0.2) is 12.2 Å². The molecule has 1 aliphatic carbocycles. The third-order valence-corrected chi connectivity index (χ3v) is 2.81. The molecular formula is C10H18OS. The van der Waals surface area contributed by atoms with E-state index in [-0.39, 0.29) is 0 Å². The van der Waals surface area contributed by atoms with Gasteiger partial charge in [0.1, 0.15) is 0 Å². The Morgan fingerprint density at radius 2 is 2.08 bits per heavy atom. The molecule has 0 aromatic carbocycles. The highest BCUT2D eigenvalue weighted by atomic mass is 32.1. The smallest absolute Gasteiger partial charge is 0.0682 e. The van der Waals surface area contributed by atoms with Gasteiger partial charge in [0.25, 0.3) is 0 Å². The van der Waals surface area contributed by atoms with Gasteiger partial charge in [-0.15, -0.1) is 0 Å². The van der Waals surface area contributed by atoms with Crippen molar-refractivity contribution in [2.75, 3.05) is 19.0 Å². The standard InChI is InChI=1S/C10H18OS/c1-9(8-12)6-11-7-10-4-2-3-5-10/h10,12H,1-8H2. The second-order valence-electron chi connectivity index (χ2n) is 3.57. The highest BCUT2D eigenvalue weighted by Crippen LogP contribution is 2.24. The molecule has 2 heteroatoms. The second kappa shape index (κ2) is 5.65. The minimum atomic E-state index is 0.694. The van der Waals surface area contributed by atoms with Crippen LogP contribution in [-0.4, -0.2) is 19.0 Å². The van der Waals surface area contributed by atoms with Crippen LogP contribution in [0.2, 0.25) is 0 Å². The summed E-state index contributed by atoms with van der Waals surface area (Å²) >= 11 is 4.12. The Kier molecular flexibility index (Phi) is 4.77. The number of thiol groups is 1. The van der Waals surface area contributed by atoms with Gasteiger partial charge in [-0.05, 0) is 24.3 Å². The Labute approximate surface area is 80.6 Å². The van der Waals surface area contributed by atoms with Gasteiger partial charge in [0.15, 0.2) is 0 Å². The summed E-state index contributed by atoms with van der Waals surface area (Å²) in [4.78, 5) is 0. The fraction of sp³-hybridized carbons (Fsp3) is 0.800. The predicted octanol–water partition coefficient (Wildman–Crippen LogP) is 2.68. The maximum atomic E-state index is 5.52. The van der Waals surface area contributed by atoms with Crippen molar-refractivity contribution in [1.29, 1.82) is 0 Å². The first-order valence-electron chi connectivity index (χ1n) is 4.68. The molecule has 0 radical (unpaired) electrons. The molecule has 0 N–H and O–H groups in total. The lowest BCUT2D eigenvalue weighted by Gasteiger charge is -2.09. The van der Waals surface area contributed by atoms with E-state index in [0.717, 1.165) is 23.9 Å². The van der Waals surface area contributed by atoms with E-state index in [1.165, 1.54) is 25.7 Å². The van der Waals surface area contributed by atoms with E-state index in [0.29, 0.717) is 6.61 Å². The van der Waals surface area contributed by atoms with Crippen molar-refractivity contribution in [1.82, 2.24) is 0 Å². The second-order valence-corrected chi connectivity index (χ2v) is 3.89. The zero-order valence-corrected chi connectivity index (χ0v) is 8.48. The third kappa shape index (κ3) is 3.63. The molecule has 0 heterocycles. The third-order valence-electron chi connectivity index (χ3n) is 2.36. The van der Waals surface area contributed by atoms with Crippen LogP contribution < -0.4 is 0 Å². The molecule has 0 amide bonds. The Balaban J connectivity index is 1.97. The van der Waals surface area contributed by atoms with E-state index in [1.54, 1.807) is 0 Å². The van der Waals surface area contributed by atoms with Gasteiger partial charge in [-0.3, -0.25) is 0 Å². The number of ether oxygens (including phenoxy) is 1. The molecule has 0 atom stereocenters. The Morgan fingerprint density at radius 3 is 2.67 bits per heavy atom. The van der Waals surface area contributed by atoms with E-state index in [4.69, 9.17) is 4.74 Å². The van der Waals surface area contributed by atoms with Crippen molar-refractivity contribution in [3.8, 4) is 0 Å². The van der Waals surface area contributed by atoms with Crippen LogP contribution in [0, 0.1) is 5.92 Å². The molecule has 0 unspecified atom stereocenters. The normalized spacial score (nSPS) is 18.4. The van der Waals surface area contributed by atoms with Gasteiger partial charge < -0.3 is 4.74 Å². The Morgan fingerprint density at radius 1 is 1.42 bits per heavy atom. The molecule has 1 nitrogen and oxygen atoms in total. The predicted molar refractivity (Wildman–Crippen MR) is 55.8 cm³/mol. The molecule has 1 fully saturated rings. The molecule has 0 aromatic rings. The van der Waals surface area contributed by atoms with Gasteiger partial charge in [-0.25, -0.2) is 0 Å². The topological polar surface area (TPSA) is 9.23 Å². The van der Waals surface area contributed by atoms with Crippen LogP contribution in [0.1, 0.15) is 25.7 Å². The summed E-state index contributed by atoms with van der Waals surface area (Å²) in [6, 6.07) is 0. The molecule has 0 bridgehead atoms. The molecule has 0 aliphatic heterocycles. The molecule has 0 saturated heterocycles. The number of rotatable bonds is 5. The summed E-state index contributed by atoms with van der Waals surface area (Å²) in [5.74, 6) is 1.56. The maximum Gasteiger partial charge on any atom is 0.0682 e. The van der Waals surface area contributed by atoms with Crippen molar-refractivity contribution in [3.05, 3.63) is 12.2 Å². The lowest BCUT2D eigenvalue weighted by Crippen LogP contribution is -2.07. The van der Waals surface area contributed by atoms with Crippen molar-refractivity contribution < 1.29 is 4.74 Å². The maximum absolute atomic E-state index is 5.52. The molecule has 0 spiro atoms. The molecule has 0 aromatic heterocycles. The van der Waals surface area contributed by atoms with Gasteiger partial charge in [-0.2, -0.15) is 12.6 Å².